The van der Waals surface area contributed by atoms with Crippen molar-refractivity contribution in [3.05, 3.63) is 23.5 Å². The molecule has 1 aromatic carbocycles. The zero-order valence-electron chi connectivity index (χ0n) is 14.8. The van der Waals surface area contributed by atoms with E-state index in [1.165, 1.54) is 0 Å². The minimum absolute atomic E-state index is 0.0452. The molecule has 1 saturated heterocycles. The summed E-state index contributed by atoms with van der Waals surface area (Å²) >= 11 is 0. The van der Waals surface area contributed by atoms with Gasteiger partial charge in [-0.1, -0.05) is 6.07 Å². The van der Waals surface area contributed by atoms with Gasteiger partial charge in [-0.25, -0.2) is 4.39 Å². The van der Waals surface area contributed by atoms with Gasteiger partial charge in [0, 0.05) is 12.1 Å². The molecule has 25 heavy (non-hydrogen) atoms. The largest absolute Gasteiger partial charge is 0.498 e. The fraction of sp³-hybridized carbons (Fsp3) is 0.625. The maximum absolute atomic E-state index is 14.5. The molecule has 1 aliphatic heterocycles. The van der Waals surface area contributed by atoms with Gasteiger partial charge < -0.3 is 18.8 Å². The number of ether oxygens (including phenoxy) is 2. The van der Waals surface area contributed by atoms with Gasteiger partial charge in [0.2, 0.25) is 0 Å². The summed E-state index contributed by atoms with van der Waals surface area (Å²) in [4.78, 5) is 0. The number of benzene rings is 1. The van der Waals surface area contributed by atoms with Crippen LogP contribution in [0.25, 0.3) is 0 Å². The second-order valence-electron chi connectivity index (χ2n) is 6.69. The highest BCUT2D eigenvalue weighted by molar-refractivity contribution is 6.63. The highest BCUT2D eigenvalue weighted by atomic mass is 19.4. The normalized spacial score (nSPS) is 19.3. The van der Waals surface area contributed by atoms with Gasteiger partial charge in [0.1, 0.15) is 0 Å². The molecule has 1 aliphatic rings. The second kappa shape index (κ2) is 6.77. The van der Waals surface area contributed by atoms with E-state index in [0.29, 0.717) is 6.07 Å². The molecular formula is C16H21BF4O4. The van der Waals surface area contributed by atoms with Crippen molar-refractivity contribution < 1.29 is 36.3 Å². The van der Waals surface area contributed by atoms with Crippen LogP contribution in [0.4, 0.5) is 17.6 Å². The molecule has 0 bridgehead atoms. The Morgan fingerprint density at radius 2 is 1.64 bits per heavy atom. The lowest BCUT2D eigenvalue weighted by atomic mass is 9.77. The molecule has 2 rings (SSSR count). The van der Waals surface area contributed by atoms with Gasteiger partial charge in [-0.15, -0.1) is 0 Å². The third-order valence-corrected chi connectivity index (χ3v) is 4.43. The third kappa shape index (κ3) is 3.93. The van der Waals surface area contributed by atoms with E-state index < -0.39 is 41.6 Å². The number of alkyl halides is 3. The van der Waals surface area contributed by atoms with Crippen LogP contribution in [0.5, 0.6) is 5.75 Å². The summed E-state index contributed by atoms with van der Waals surface area (Å²) in [6, 6.07) is 1.76. The smallest absolute Gasteiger partial charge is 0.465 e. The summed E-state index contributed by atoms with van der Waals surface area (Å²) < 4.78 is 75.1. The maximum Gasteiger partial charge on any atom is 0.498 e. The third-order valence-electron chi connectivity index (χ3n) is 4.43. The molecule has 1 heterocycles. The molecule has 9 heteroatoms. The molecule has 0 aromatic heterocycles. The van der Waals surface area contributed by atoms with Crippen molar-refractivity contribution >= 4 is 12.6 Å². The Labute approximate surface area is 144 Å². The van der Waals surface area contributed by atoms with Crippen molar-refractivity contribution in [2.24, 2.45) is 0 Å². The van der Waals surface area contributed by atoms with Crippen LogP contribution in [-0.4, -0.2) is 31.7 Å². The van der Waals surface area contributed by atoms with Gasteiger partial charge >= 0.3 is 13.3 Å². The van der Waals surface area contributed by atoms with Gasteiger partial charge in [-0.3, -0.25) is 0 Å². The molecule has 1 fully saturated rings. The van der Waals surface area contributed by atoms with Gasteiger partial charge in [0.15, 0.2) is 18.4 Å². The number of hydrogen-bond acceptors (Lipinski definition) is 4. The first-order valence-corrected chi connectivity index (χ1v) is 7.86. The molecule has 0 aliphatic carbocycles. The van der Waals surface area contributed by atoms with Gasteiger partial charge in [-0.2, -0.15) is 13.2 Å². The van der Waals surface area contributed by atoms with Crippen LogP contribution in [0.3, 0.4) is 0 Å². The van der Waals surface area contributed by atoms with E-state index in [1.54, 1.807) is 34.6 Å². The van der Waals surface area contributed by atoms with Gasteiger partial charge in [0.25, 0.3) is 0 Å². The molecule has 4 nitrogen and oxygen atoms in total. The zero-order chi connectivity index (χ0) is 19.0. The Balaban J connectivity index is 2.45. The van der Waals surface area contributed by atoms with E-state index in [9.17, 15) is 17.6 Å². The molecule has 140 valence electrons. The number of halogens is 4. The van der Waals surface area contributed by atoms with E-state index in [4.69, 9.17) is 18.8 Å². The molecular weight excluding hydrogens is 343 g/mol. The Morgan fingerprint density at radius 3 is 2.12 bits per heavy atom. The molecule has 1 aromatic rings. The van der Waals surface area contributed by atoms with Crippen molar-refractivity contribution in [3.63, 3.8) is 0 Å². The first kappa shape index (κ1) is 20.0. The van der Waals surface area contributed by atoms with Crippen molar-refractivity contribution in [2.45, 2.75) is 52.0 Å². The van der Waals surface area contributed by atoms with Crippen LogP contribution >= 0.6 is 0 Å². The monoisotopic (exact) mass is 364 g/mol. The van der Waals surface area contributed by atoms with Crippen molar-refractivity contribution in [1.82, 2.24) is 0 Å². The summed E-state index contributed by atoms with van der Waals surface area (Å²) in [5.41, 5.74) is -2.83. The molecule has 0 spiro atoms. The Hall–Kier alpha value is -1.32. The molecule has 0 N–H and O–H groups in total. The van der Waals surface area contributed by atoms with Crippen LogP contribution in [0.15, 0.2) is 12.1 Å². The highest BCUT2D eigenvalue weighted by Gasteiger charge is 2.53. The average Bonchev–Trinajstić information content (AvgIpc) is 2.67. The highest BCUT2D eigenvalue weighted by Crippen LogP contribution is 2.39. The molecule has 0 unspecified atom stereocenters. The summed E-state index contributed by atoms with van der Waals surface area (Å²) in [6.45, 7) is 8.71. The fourth-order valence-electron chi connectivity index (χ4n) is 2.28. The van der Waals surface area contributed by atoms with Crippen LogP contribution in [-0.2, 0) is 20.2 Å². The maximum atomic E-state index is 14.5. The fourth-order valence-corrected chi connectivity index (χ4v) is 2.28. The Kier molecular flexibility index (Phi) is 5.42. The standard InChI is InChI=1S/C16H21BF4O4/c1-6-22-9-23-13-11(8-7-10(12(13)18)16(19,20)21)17-24-14(2,3)15(4,5)25-17/h7-8H,6,9H2,1-5H3. The summed E-state index contributed by atoms with van der Waals surface area (Å²) in [5.74, 6) is -2.10. The Morgan fingerprint density at radius 1 is 1.08 bits per heavy atom. The number of rotatable bonds is 5. The minimum atomic E-state index is -4.84. The lowest BCUT2D eigenvalue weighted by Crippen LogP contribution is -2.41. The first-order chi connectivity index (χ1) is 11.4. The van der Waals surface area contributed by atoms with Crippen LogP contribution in [0.2, 0.25) is 0 Å². The summed E-state index contributed by atoms with van der Waals surface area (Å²) in [7, 11) is -1.06. The lowest BCUT2D eigenvalue weighted by molar-refractivity contribution is -0.140. The lowest BCUT2D eigenvalue weighted by Gasteiger charge is -2.32. The molecule has 0 radical (unpaired) electrons. The zero-order valence-corrected chi connectivity index (χ0v) is 14.8. The van der Waals surface area contributed by atoms with Crippen molar-refractivity contribution in [1.29, 1.82) is 0 Å². The van der Waals surface area contributed by atoms with E-state index in [2.05, 4.69) is 0 Å². The van der Waals surface area contributed by atoms with Crippen molar-refractivity contribution in [3.8, 4) is 5.75 Å². The first-order valence-electron chi connectivity index (χ1n) is 7.86. The number of hydrogen-bond donors (Lipinski definition) is 0. The van der Waals surface area contributed by atoms with Crippen LogP contribution < -0.4 is 10.2 Å². The van der Waals surface area contributed by atoms with Gasteiger partial charge in [-0.05, 0) is 40.7 Å². The predicted molar refractivity (Wildman–Crippen MR) is 84.2 cm³/mol. The second-order valence-corrected chi connectivity index (χ2v) is 6.69. The van der Waals surface area contributed by atoms with E-state index in [-0.39, 0.29) is 18.9 Å². The average molecular weight is 364 g/mol. The van der Waals surface area contributed by atoms with Crippen molar-refractivity contribution in [2.75, 3.05) is 13.4 Å². The molecule has 0 atom stereocenters. The predicted octanol–water partition coefficient (Wildman–Crippen LogP) is 3.52. The Bertz CT molecular complexity index is 615. The van der Waals surface area contributed by atoms with E-state index in [0.717, 1.165) is 6.07 Å². The summed E-state index contributed by atoms with van der Waals surface area (Å²) in [5, 5.41) is 0. The molecule has 0 amide bonds. The van der Waals surface area contributed by atoms with Crippen LogP contribution in [0, 0.1) is 5.82 Å². The van der Waals surface area contributed by atoms with E-state index >= 15 is 0 Å². The minimum Gasteiger partial charge on any atom is -0.465 e. The summed E-state index contributed by atoms with van der Waals surface area (Å²) in [6.07, 6.45) is -4.84. The van der Waals surface area contributed by atoms with E-state index in [1.807, 2.05) is 0 Å². The van der Waals surface area contributed by atoms with Gasteiger partial charge in [0.05, 0.1) is 16.8 Å². The SMILES string of the molecule is CCOCOc1c(B2OC(C)(C)C(C)(C)O2)ccc(C(F)(F)F)c1F. The van der Waals surface area contributed by atoms with Crippen LogP contribution in [0.1, 0.15) is 40.2 Å². The molecule has 0 saturated carbocycles. The quantitative estimate of drug-likeness (QED) is 0.347. The topological polar surface area (TPSA) is 36.9 Å².